The van der Waals surface area contributed by atoms with Gasteiger partial charge in [0.1, 0.15) is 5.60 Å². The van der Waals surface area contributed by atoms with E-state index in [1.165, 1.54) is 6.42 Å². The molecule has 3 atom stereocenters. The molecule has 0 aromatic heterocycles. The molecular formula is C10H19NO2. The second-order valence-corrected chi connectivity index (χ2v) is 3.93. The van der Waals surface area contributed by atoms with Gasteiger partial charge in [0, 0.05) is 19.3 Å². The Labute approximate surface area is 79.8 Å². The topological polar surface area (TPSA) is 30.5 Å². The van der Waals surface area contributed by atoms with Gasteiger partial charge in [-0.15, -0.1) is 0 Å². The van der Waals surface area contributed by atoms with Crippen LogP contribution in [0.5, 0.6) is 0 Å². The molecule has 76 valence electrons. The van der Waals surface area contributed by atoms with Crippen molar-refractivity contribution >= 4 is 0 Å². The third-order valence-corrected chi connectivity index (χ3v) is 3.38. The van der Waals surface area contributed by atoms with E-state index >= 15 is 0 Å². The maximum Gasteiger partial charge on any atom is 0.110 e. The van der Waals surface area contributed by atoms with E-state index in [2.05, 4.69) is 12.2 Å². The molecule has 1 aliphatic heterocycles. The fraction of sp³-hybridized carbons (Fsp3) is 1.00. The van der Waals surface area contributed by atoms with Crippen molar-refractivity contribution in [1.82, 2.24) is 5.32 Å². The Kier molecular flexibility index (Phi) is 2.58. The van der Waals surface area contributed by atoms with Gasteiger partial charge in [-0.25, -0.2) is 0 Å². The van der Waals surface area contributed by atoms with Crippen LogP contribution in [0.1, 0.15) is 26.2 Å². The van der Waals surface area contributed by atoms with Gasteiger partial charge in [-0.1, -0.05) is 0 Å². The number of rotatable bonds is 3. The van der Waals surface area contributed by atoms with Crippen molar-refractivity contribution in [2.45, 2.75) is 43.9 Å². The van der Waals surface area contributed by atoms with Gasteiger partial charge in [0.25, 0.3) is 0 Å². The molecule has 2 fully saturated rings. The van der Waals surface area contributed by atoms with Gasteiger partial charge in [0.05, 0.1) is 6.10 Å². The zero-order chi connectivity index (χ0) is 9.31. The van der Waals surface area contributed by atoms with E-state index in [1.54, 1.807) is 0 Å². The molecule has 1 N–H and O–H groups in total. The molecule has 0 radical (unpaired) electrons. The van der Waals surface area contributed by atoms with E-state index in [1.807, 2.05) is 7.05 Å². The standard InChI is InChI=1S/C10H19NO2/c1-3-12-9-7-8(11-2)10(9)5-4-6-13-10/h8-9,11H,3-7H2,1-2H3/t8?,9-,10-/m1/s1. The summed E-state index contributed by atoms with van der Waals surface area (Å²) in [5.74, 6) is 0. The van der Waals surface area contributed by atoms with Crippen LogP contribution >= 0.6 is 0 Å². The van der Waals surface area contributed by atoms with Crippen molar-refractivity contribution < 1.29 is 9.47 Å². The predicted molar refractivity (Wildman–Crippen MR) is 50.8 cm³/mol. The van der Waals surface area contributed by atoms with Crippen LogP contribution in [0.25, 0.3) is 0 Å². The molecule has 0 amide bonds. The largest absolute Gasteiger partial charge is 0.375 e. The van der Waals surface area contributed by atoms with Crippen LogP contribution in [0.4, 0.5) is 0 Å². The van der Waals surface area contributed by atoms with Crippen LogP contribution in [0.15, 0.2) is 0 Å². The zero-order valence-electron chi connectivity index (χ0n) is 8.51. The molecule has 1 spiro atoms. The number of likely N-dealkylation sites (N-methyl/N-ethyl adjacent to an activating group) is 1. The molecule has 1 aliphatic carbocycles. The van der Waals surface area contributed by atoms with E-state index in [0.717, 1.165) is 26.1 Å². The van der Waals surface area contributed by atoms with Crippen molar-refractivity contribution in [3.8, 4) is 0 Å². The summed E-state index contributed by atoms with van der Waals surface area (Å²) in [6.45, 7) is 3.75. The minimum Gasteiger partial charge on any atom is -0.375 e. The maximum atomic E-state index is 5.86. The fourth-order valence-electron chi connectivity index (χ4n) is 2.66. The lowest BCUT2D eigenvalue weighted by Crippen LogP contribution is -2.68. The molecule has 0 aromatic carbocycles. The van der Waals surface area contributed by atoms with Crippen LogP contribution in [-0.4, -0.2) is 38.0 Å². The SMILES string of the molecule is CCO[C@@H]1CC(NC)[C@]12CCCO2. The first-order valence-corrected chi connectivity index (χ1v) is 5.26. The van der Waals surface area contributed by atoms with Gasteiger partial charge < -0.3 is 14.8 Å². The normalized spacial score (nSPS) is 43.8. The lowest BCUT2D eigenvalue weighted by molar-refractivity contribution is -0.196. The molecule has 1 saturated heterocycles. The number of hydrogen-bond donors (Lipinski definition) is 1. The molecule has 1 saturated carbocycles. The Morgan fingerprint density at radius 3 is 3.00 bits per heavy atom. The van der Waals surface area contributed by atoms with E-state index < -0.39 is 0 Å². The minimum absolute atomic E-state index is 0.0186. The monoisotopic (exact) mass is 185 g/mol. The summed E-state index contributed by atoms with van der Waals surface area (Å²) in [6.07, 6.45) is 3.77. The minimum atomic E-state index is 0.0186. The summed E-state index contributed by atoms with van der Waals surface area (Å²) in [6, 6.07) is 0.506. The Morgan fingerprint density at radius 2 is 2.46 bits per heavy atom. The summed E-state index contributed by atoms with van der Waals surface area (Å²) in [5.41, 5.74) is 0.0186. The van der Waals surface area contributed by atoms with Crippen molar-refractivity contribution in [3.05, 3.63) is 0 Å². The smallest absolute Gasteiger partial charge is 0.110 e. The Hall–Kier alpha value is -0.120. The van der Waals surface area contributed by atoms with E-state index in [0.29, 0.717) is 12.1 Å². The van der Waals surface area contributed by atoms with E-state index in [4.69, 9.17) is 9.47 Å². The van der Waals surface area contributed by atoms with Crippen molar-refractivity contribution in [2.24, 2.45) is 0 Å². The molecule has 0 bridgehead atoms. The van der Waals surface area contributed by atoms with E-state index in [-0.39, 0.29) is 5.60 Å². The summed E-state index contributed by atoms with van der Waals surface area (Å²) >= 11 is 0. The second-order valence-electron chi connectivity index (χ2n) is 3.93. The quantitative estimate of drug-likeness (QED) is 0.709. The summed E-state index contributed by atoms with van der Waals surface area (Å²) in [7, 11) is 2.01. The molecular weight excluding hydrogens is 166 g/mol. The Balaban J connectivity index is 2.01. The van der Waals surface area contributed by atoms with Crippen molar-refractivity contribution in [2.75, 3.05) is 20.3 Å². The average Bonchev–Trinajstić information content (AvgIpc) is 2.62. The molecule has 2 rings (SSSR count). The molecule has 3 heteroatoms. The molecule has 1 unspecified atom stereocenters. The Morgan fingerprint density at radius 1 is 1.62 bits per heavy atom. The highest BCUT2D eigenvalue weighted by atomic mass is 16.6. The van der Waals surface area contributed by atoms with E-state index in [9.17, 15) is 0 Å². The van der Waals surface area contributed by atoms with Crippen LogP contribution in [0.3, 0.4) is 0 Å². The van der Waals surface area contributed by atoms with Crippen LogP contribution < -0.4 is 5.32 Å². The highest BCUT2D eigenvalue weighted by Crippen LogP contribution is 2.45. The summed E-state index contributed by atoms with van der Waals surface area (Å²) in [5, 5.41) is 3.32. The molecule has 3 nitrogen and oxygen atoms in total. The van der Waals surface area contributed by atoms with Gasteiger partial charge in [-0.05, 0) is 33.2 Å². The number of nitrogens with one attached hydrogen (secondary N) is 1. The fourth-order valence-corrected chi connectivity index (χ4v) is 2.66. The van der Waals surface area contributed by atoms with Crippen molar-refractivity contribution in [1.29, 1.82) is 0 Å². The van der Waals surface area contributed by atoms with Gasteiger partial charge in [0.15, 0.2) is 0 Å². The number of hydrogen-bond acceptors (Lipinski definition) is 3. The zero-order valence-corrected chi connectivity index (χ0v) is 8.51. The van der Waals surface area contributed by atoms with Crippen LogP contribution in [0, 0.1) is 0 Å². The van der Waals surface area contributed by atoms with Crippen molar-refractivity contribution in [3.63, 3.8) is 0 Å². The van der Waals surface area contributed by atoms with Gasteiger partial charge >= 0.3 is 0 Å². The van der Waals surface area contributed by atoms with Crippen LogP contribution in [0.2, 0.25) is 0 Å². The predicted octanol–water partition coefficient (Wildman–Crippen LogP) is 0.932. The first-order chi connectivity index (χ1) is 6.33. The first kappa shape index (κ1) is 9.44. The lowest BCUT2D eigenvalue weighted by Gasteiger charge is -2.52. The molecule has 1 heterocycles. The second kappa shape index (κ2) is 3.56. The summed E-state index contributed by atoms with van der Waals surface area (Å²) in [4.78, 5) is 0. The molecule has 13 heavy (non-hydrogen) atoms. The Bertz CT molecular complexity index is 178. The first-order valence-electron chi connectivity index (χ1n) is 5.26. The third kappa shape index (κ3) is 1.30. The van der Waals surface area contributed by atoms with Gasteiger partial charge in [-0.3, -0.25) is 0 Å². The summed E-state index contributed by atoms with van der Waals surface area (Å²) < 4.78 is 11.5. The highest BCUT2D eigenvalue weighted by molar-refractivity contribution is 5.12. The average molecular weight is 185 g/mol. The number of ether oxygens (including phenoxy) is 2. The third-order valence-electron chi connectivity index (χ3n) is 3.38. The van der Waals surface area contributed by atoms with Crippen LogP contribution in [-0.2, 0) is 9.47 Å². The lowest BCUT2D eigenvalue weighted by atomic mass is 9.70. The molecule has 0 aromatic rings. The maximum absolute atomic E-state index is 5.86. The van der Waals surface area contributed by atoms with Gasteiger partial charge in [-0.2, -0.15) is 0 Å². The highest BCUT2D eigenvalue weighted by Gasteiger charge is 2.57. The molecule has 2 aliphatic rings. The van der Waals surface area contributed by atoms with Gasteiger partial charge in [0.2, 0.25) is 0 Å².